The van der Waals surface area contributed by atoms with E-state index in [0.717, 1.165) is 37.6 Å². The first-order valence-corrected chi connectivity index (χ1v) is 12.0. The summed E-state index contributed by atoms with van der Waals surface area (Å²) in [6.45, 7) is 0. The molecule has 2 aliphatic rings. The Labute approximate surface area is 190 Å². The highest BCUT2D eigenvalue weighted by atomic mass is 32.1. The van der Waals surface area contributed by atoms with E-state index >= 15 is 0 Å². The van der Waals surface area contributed by atoms with Crippen LogP contribution in [0.5, 0.6) is 0 Å². The van der Waals surface area contributed by atoms with Crippen LogP contribution in [-0.4, -0.2) is 44.9 Å². The number of piperidine rings is 2. The highest BCUT2D eigenvalue weighted by Gasteiger charge is 2.33. The summed E-state index contributed by atoms with van der Waals surface area (Å²) in [5.74, 6) is 0. The number of hydrogen-bond acceptors (Lipinski definition) is 7. The minimum absolute atomic E-state index is 0.526. The van der Waals surface area contributed by atoms with Gasteiger partial charge in [0.2, 0.25) is 0 Å². The highest BCUT2D eigenvalue weighted by molar-refractivity contribution is 7.21. The summed E-state index contributed by atoms with van der Waals surface area (Å²) in [4.78, 5) is 13.1. The Hall–Kier alpha value is -3.02. The Bertz CT molecular complexity index is 1350. The predicted octanol–water partition coefficient (Wildman–Crippen LogP) is 4.23. The molecular formula is C24H25N7S. The van der Waals surface area contributed by atoms with E-state index in [2.05, 4.69) is 34.5 Å². The first-order valence-electron chi connectivity index (χ1n) is 11.2. The lowest BCUT2D eigenvalue weighted by Gasteiger charge is -2.43. The molecule has 3 aromatic heterocycles. The van der Waals surface area contributed by atoms with Gasteiger partial charge in [0, 0.05) is 49.4 Å². The fraction of sp³-hybridized carbons (Fsp3) is 0.417. The number of aryl methyl sites for hydroxylation is 1. The molecule has 1 N–H and O–H groups in total. The predicted molar refractivity (Wildman–Crippen MR) is 128 cm³/mol. The number of nitrogens with one attached hydrogen (secondary N) is 1. The topological polar surface area (TPSA) is 82.7 Å². The van der Waals surface area contributed by atoms with Gasteiger partial charge < -0.3 is 10.2 Å². The van der Waals surface area contributed by atoms with Crippen LogP contribution in [0.2, 0.25) is 0 Å². The third kappa shape index (κ3) is 3.33. The van der Waals surface area contributed by atoms with Crippen molar-refractivity contribution < 1.29 is 0 Å². The first kappa shape index (κ1) is 19.6. The van der Waals surface area contributed by atoms with Gasteiger partial charge in [-0.05, 0) is 49.9 Å². The number of nitrogens with zero attached hydrogens (tertiary/aromatic N) is 6. The van der Waals surface area contributed by atoms with Gasteiger partial charge in [-0.25, -0.2) is 9.97 Å². The maximum Gasteiger partial charge on any atom is 0.187 e. The summed E-state index contributed by atoms with van der Waals surface area (Å²) in [6, 6.07) is 12.1. The maximum atomic E-state index is 9.60. The summed E-state index contributed by atoms with van der Waals surface area (Å²) >= 11 is 1.66. The van der Waals surface area contributed by atoms with Gasteiger partial charge in [-0.2, -0.15) is 10.4 Å². The quantitative estimate of drug-likeness (QED) is 0.510. The molecule has 2 aliphatic heterocycles. The summed E-state index contributed by atoms with van der Waals surface area (Å²) in [5, 5.41) is 19.8. The van der Waals surface area contributed by atoms with Gasteiger partial charge >= 0.3 is 0 Å². The molecule has 0 amide bonds. The Morgan fingerprint density at radius 2 is 2.00 bits per heavy atom. The lowest BCUT2D eigenvalue weighted by atomic mass is 9.83. The van der Waals surface area contributed by atoms with E-state index in [4.69, 9.17) is 9.97 Å². The number of benzene rings is 1. The van der Waals surface area contributed by atoms with Gasteiger partial charge in [-0.15, -0.1) is 0 Å². The normalized spacial score (nSPS) is 22.8. The number of anilines is 1. The summed E-state index contributed by atoms with van der Waals surface area (Å²) in [5.41, 5.74) is 4.01. The molecule has 162 valence electrons. The second-order valence-electron chi connectivity index (χ2n) is 9.12. The van der Waals surface area contributed by atoms with Gasteiger partial charge in [0.15, 0.2) is 5.13 Å². The number of aromatic nitrogens is 4. The van der Waals surface area contributed by atoms with Gasteiger partial charge in [0.1, 0.15) is 21.9 Å². The van der Waals surface area contributed by atoms with Crippen LogP contribution in [-0.2, 0) is 7.05 Å². The molecule has 3 atom stereocenters. The minimum atomic E-state index is 0.526. The highest BCUT2D eigenvalue weighted by Crippen LogP contribution is 2.35. The van der Waals surface area contributed by atoms with Gasteiger partial charge in [-0.3, -0.25) is 4.68 Å². The van der Waals surface area contributed by atoms with Crippen molar-refractivity contribution in [3.8, 4) is 17.3 Å². The molecule has 1 aromatic carbocycles. The SMILES string of the molecule is CN(c1nc2ccc(-c3cc(C#N)c4nn(C)cc4c3)nc2s1)[C@@H]1C[C@H]2CCC[C@@H](C1)N2. The van der Waals surface area contributed by atoms with Crippen molar-refractivity contribution in [2.24, 2.45) is 7.05 Å². The fourth-order valence-corrected chi connectivity index (χ4v) is 6.29. The Balaban J connectivity index is 1.33. The molecule has 6 rings (SSSR count). The van der Waals surface area contributed by atoms with Crippen LogP contribution in [0.1, 0.15) is 37.7 Å². The maximum absolute atomic E-state index is 9.60. The van der Waals surface area contributed by atoms with Gasteiger partial charge in [0.05, 0.1) is 11.3 Å². The van der Waals surface area contributed by atoms with Crippen LogP contribution < -0.4 is 10.2 Å². The summed E-state index contributed by atoms with van der Waals surface area (Å²) in [7, 11) is 4.05. The van der Waals surface area contributed by atoms with Crippen molar-refractivity contribution in [3.63, 3.8) is 0 Å². The number of nitriles is 1. The van der Waals surface area contributed by atoms with Crippen molar-refractivity contribution in [1.29, 1.82) is 5.26 Å². The monoisotopic (exact) mass is 443 g/mol. The molecule has 0 saturated carbocycles. The van der Waals surface area contributed by atoms with E-state index in [0.29, 0.717) is 23.7 Å². The van der Waals surface area contributed by atoms with Crippen molar-refractivity contribution >= 4 is 37.7 Å². The molecule has 8 heteroatoms. The molecule has 2 saturated heterocycles. The number of fused-ring (bicyclic) bond motifs is 4. The van der Waals surface area contributed by atoms with Crippen LogP contribution in [0.4, 0.5) is 5.13 Å². The smallest absolute Gasteiger partial charge is 0.187 e. The molecule has 7 nitrogen and oxygen atoms in total. The second-order valence-corrected chi connectivity index (χ2v) is 10.1. The average molecular weight is 444 g/mol. The Morgan fingerprint density at radius 3 is 2.78 bits per heavy atom. The van der Waals surface area contributed by atoms with E-state index in [1.54, 1.807) is 16.0 Å². The Kier molecular flexibility index (Phi) is 4.63. The molecule has 0 spiro atoms. The molecule has 32 heavy (non-hydrogen) atoms. The van der Waals surface area contributed by atoms with Crippen LogP contribution >= 0.6 is 11.3 Å². The van der Waals surface area contributed by atoms with Crippen LogP contribution in [0, 0.1) is 11.3 Å². The fourth-order valence-electron chi connectivity index (χ4n) is 5.31. The number of thiazole rings is 1. The molecule has 0 aliphatic carbocycles. The van der Waals surface area contributed by atoms with E-state index in [-0.39, 0.29) is 0 Å². The average Bonchev–Trinajstić information content (AvgIpc) is 3.39. The summed E-state index contributed by atoms with van der Waals surface area (Å²) in [6.07, 6.45) is 8.24. The number of rotatable bonds is 3. The lowest BCUT2D eigenvalue weighted by Crippen LogP contribution is -2.54. The van der Waals surface area contributed by atoms with E-state index in [9.17, 15) is 5.26 Å². The molecule has 5 heterocycles. The molecule has 0 unspecified atom stereocenters. The van der Waals surface area contributed by atoms with Crippen molar-refractivity contribution in [2.75, 3.05) is 11.9 Å². The summed E-state index contributed by atoms with van der Waals surface area (Å²) < 4.78 is 1.74. The minimum Gasteiger partial charge on any atom is -0.348 e. The second kappa shape index (κ2) is 7.54. The lowest BCUT2D eigenvalue weighted by molar-refractivity contribution is 0.219. The number of hydrogen-bond donors (Lipinski definition) is 1. The zero-order valence-electron chi connectivity index (χ0n) is 18.2. The van der Waals surface area contributed by atoms with Crippen LogP contribution in [0.25, 0.3) is 32.5 Å². The first-order chi connectivity index (χ1) is 15.6. The molecule has 0 radical (unpaired) electrons. The van der Waals surface area contributed by atoms with Crippen molar-refractivity contribution in [3.05, 3.63) is 36.0 Å². The Morgan fingerprint density at radius 1 is 1.19 bits per heavy atom. The third-order valence-corrected chi connectivity index (χ3v) is 7.98. The third-order valence-electron chi connectivity index (χ3n) is 6.92. The van der Waals surface area contributed by atoms with E-state index < -0.39 is 0 Å². The van der Waals surface area contributed by atoms with Crippen LogP contribution in [0.15, 0.2) is 30.5 Å². The van der Waals surface area contributed by atoms with Crippen molar-refractivity contribution in [2.45, 2.75) is 50.2 Å². The van der Waals surface area contributed by atoms with E-state index in [1.165, 1.54) is 32.1 Å². The number of pyridine rings is 1. The zero-order valence-corrected chi connectivity index (χ0v) is 19.1. The van der Waals surface area contributed by atoms with E-state index in [1.807, 2.05) is 31.4 Å². The molecule has 2 fully saturated rings. The van der Waals surface area contributed by atoms with Gasteiger partial charge in [-0.1, -0.05) is 17.8 Å². The van der Waals surface area contributed by atoms with Crippen LogP contribution in [0.3, 0.4) is 0 Å². The molecule has 2 bridgehead atoms. The zero-order chi connectivity index (χ0) is 21.8. The molecule has 4 aromatic rings. The largest absolute Gasteiger partial charge is 0.348 e. The van der Waals surface area contributed by atoms with Crippen molar-refractivity contribution in [1.82, 2.24) is 25.1 Å². The van der Waals surface area contributed by atoms with Gasteiger partial charge in [0.25, 0.3) is 0 Å². The standard InChI is InChI=1S/C24H25N7S/c1-30-13-16-9-14(8-15(12-25)22(16)29-30)20-6-7-21-23(27-20)32-24(28-21)31(2)19-10-17-4-3-5-18(11-19)26-17/h6-9,13,17-19,26H,3-5,10-11H2,1-2H3/t17-,18+,19-. The molecular weight excluding hydrogens is 418 g/mol.